The maximum Gasteiger partial charge on any atom is 0.254 e. The fourth-order valence-electron chi connectivity index (χ4n) is 3.72. The molecule has 1 amide bonds. The highest BCUT2D eigenvalue weighted by Gasteiger charge is 2.21. The van der Waals surface area contributed by atoms with Crippen molar-refractivity contribution in [2.45, 2.75) is 59.5 Å². The Balaban J connectivity index is 1.97. The van der Waals surface area contributed by atoms with Gasteiger partial charge in [-0.2, -0.15) is 0 Å². The molecule has 0 aliphatic rings. The molecular weight excluding hydrogens is 384 g/mol. The maximum absolute atomic E-state index is 13.8. The fourth-order valence-corrected chi connectivity index (χ4v) is 3.72. The molecule has 1 aromatic heterocycles. The third-order valence-corrected chi connectivity index (χ3v) is 5.32. The molecule has 0 saturated heterocycles. The van der Waals surface area contributed by atoms with Crippen LogP contribution in [0.3, 0.4) is 0 Å². The van der Waals surface area contributed by atoms with Crippen molar-refractivity contribution in [3.63, 3.8) is 0 Å². The Morgan fingerprint density at radius 3 is 2.50 bits per heavy atom. The van der Waals surface area contributed by atoms with Gasteiger partial charge >= 0.3 is 0 Å². The van der Waals surface area contributed by atoms with Crippen molar-refractivity contribution < 1.29 is 13.6 Å². The van der Waals surface area contributed by atoms with Gasteiger partial charge in [0.15, 0.2) is 0 Å². The molecule has 0 aliphatic heterocycles. The number of nitrogens with zero attached hydrogens (tertiary/aromatic N) is 3. The van der Waals surface area contributed by atoms with Gasteiger partial charge in [-0.3, -0.25) is 4.79 Å². The zero-order valence-electron chi connectivity index (χ0n) is 17.9. The first-order valence-electron chi connectivity index (χ1n) is 10.6. The summed E-state index contributed by atoms with van der Waals surface area (Å²) in [4.78, 5) is 19.7. The number of halogens is 2. The number of carbonyl (C=O) groups is 1. The Kier molecular flexibility index (Phi) is 7.19. The zero-order valence-corrected chi connectivity index (χ0v) is 17.9. The predicted molar refractivity (Wildman–Crippen MR) is 115 cm³/mol. The number of imidazole rings is 1. The van der Waals surface area contributed by atoms with E-state index < -0.39 is 5.82 Å². The van der Waals surface area contributed by atoms with Gasteiger partial charge < -0.3 is 9.47 Å². The van der Waals surface area contributed by atoms with Gasteiger partial charge in [0.05, 0.1) is 17.6 Å². The van der Waals surface area contributed by atoms with Crippen LogP contribution >= 0.6 is 0 Å². The molecule has 0 radical (unpaired) electrons. The minimum atomic E-state index is -0.425. The van der Waals surface area contributed by atoms with E-state index in [1.165, 1.54) is 24.3 Å². The van der Waals surface area contributed by atoms with E-state index in [0.29, 0.717) is 24.2 Å². The van der Waals surface area contributed by atoms with Gasteiger partial charge in [0.2, 0.25) is 0 Å². The van der Waals surface area contributed by atoms with Crippen molar-refractivity contribution >= 4 is 16.9 Å². The minimum Gasteiger partial charge on any atom is -0.331 e. The highest BCUT2D eigenvalue weighted by molar-refractivity contribution is 5.95. The number of aryl methyl sites for hydroxylation is 2. The Labute approximate surface area is 176 Å². The summed E-state index contributed by atoms with van der Waals surface area (Å²) in [5.74, 6) is -0.242. The molecule has 3 aromatic rings. The van der Waals surface area contributed by atoms with Crippen molar-refractivity contribution in [2.24, 2.45) is 0 Å². The van der Waals surface area contributed by atoms with Crippen LogP contribution in [0.15, 0.2) is 36.4 Å². The third-order valence-electron chi connectivity index (χ3n) is 5.32. The number of fused-ring (bicyclic) bond motifs is 1. The van der Waals surface area contributed by atoms with Crippen LogP contribution in [0, 0.1) is 18.6 Å². The van der Waals surface area contributed by atoms with E-state index in [9.17, 15) is 13.6 Å². The number of hydrogen-bond acceptors (Lipinski definition) is 2. The highest BCUT2D eigenvalue weighted by atomic mass is 19.1. The lowest BCUT2D eigenvalue weighted by atomic mass is 10.1. The van der Waals surface area contributed by atoms with Crippen LogP contribution < -0.4 is 0 Å². The summed E-state index contributed by atoms with van der Waals surface area (Å²) in [6.07, 6.45) is 3.79. The van der Waals surface area contributed by atoms with Crippen molar-refractivity contribution in [3.8, 4) is 0 Å². The Hall–Kier alpha value is -2.76. The van der Waals surface area contributed by atoms with E-state index >= 15 is 0 Å². The van der Waals surface area contributed by atoms with E-state index in [1.54, 1.807) is 17.0 Å². The lowest BCUT2D eigenvalue weighted by Crippen LogP contribution is -2.33. The largest absolute Gasteiger partial charge is 0.331 e. The summed E-state index contributed by atoms with van der Waals surface area (Å²) in [5, 5.41) is 0. The lowest BCUT2D eigenvalue weighted by molar-refractivity contribution is 0.0732. The first-order valence-corrected chi connectivity index (χ1v) is 10.6. The molecule has 0 N–H and O–H groups in total. The molecular formula is C24H29F2N3O. The van der Waals surface area contributed by atoms with Gasteiger partial charge in [-0.05, 0) is 49.6 Å². The summed E-state index contributed by atoms with van der Waals surface area (Å²) in [6, 6.07) is 8.88. The average Bonchev–Trinajstić information content (AvgIpc) is 3.05. The standard InChI is InChI=1S/C24H29F2N3O/c1-4-6-7-13-28(24(30)20-14-18(25)9-8-17(20)3)16-23-27-21-15-19(26)10-11-22(21)29(23)12-5-2/h8-11,14-15H,4-7,12-13,16H2,1-3H3. The molecule has 6 heteroatoms. The van der Waals surface area contributed by atoms with Gasteiger partial charge in [0.1, 0.15) is 17.5 Å². The van der Waals surface area contributed by atoms with E-state index in [2.05, 4.69) is 18.8 Å². The van der Waals surface area contributed by atoms with E-state index in [0.717, 1.165) is 49.1 Å². The second-order valence-corrected chi connectivity index (χ2v) is 7.71. The van der Waals surface area contributed by atoms with Crippen LogP contribution in [-0.2, 0) is 13.1 Å². The summed E-state index contributed by atoms with van der Waals surface area (Å²) < 4.78 is 29.6. The molecule has 0 atom stereocenters. The molecule has 3 rings (SSSR count). The van der Waals surface area contributed by atoms with Gasteiger partial charge in [-0.25, -0.2) is 13.8 Å². The van der Waals surface area contributed by atoms with Gasteiger partial charge in [-0.15, -0.1) is 0 Å². The molecule has 0 unspecified atom stereocenters. The van der Waals surface area contributed by atoms with Crippen LogP contribution in [0.5, 0.6) is 0 Å². The number of amides is 1. The highest BCUT2D eigenvalue weighted by Crippen LogP contribution is 2.21. The first-order chi connectivity index (χ1) is 14.4. The predicted octanol–water partition coefficient (Wildman–Crippen LogP) is 5.87. The van der Waals surface area contributed by atoms with Crippen LogP contribution in [-0.4, -0.2) is 26.9 Å². The quantitative estimate of drug-likeness (QED) is 0.412. The second-order valence-electron chi connectivity index (χ2n) is 7.71. The molecule has 2 aromatic carbocycles. The molecule has 0 fully saturated rings. The van der Waals surface area contributed by atoms with E-state index in [1.807, 2.05) is 11.5 Å². The Morgan fingerprint density at radius 1 is 1.03 bits per heavy atom. The SMILES string of the molecule is CCCCCN(Cc1nc2cc(F)ccc2n1CCC)C(=O)c1cc(F)ccc1C. The van der Waals surface area contributed by atoms with Crippen LogP contribution in [0.25, 0.3) is 11.0 Å². The summed E-state index contributed by atoms with van der Waals surface area (Å²) in [5.41, 5.74) is 2.55. The van der Waals surface area contributed by atoms with Crippen molar-refractivity contribution in [3.05, 3.63) is 65.0 Å². The van der Waals surface area contributed by atoms with Gasteiger partial charge in [0, 0.05) is 24.7 Å². The van der Waals surface area contributed by atoms with Crippen molar-refractivity contribution in [1.29, 1.82) is 0 Å². The zero-order chi connectivity index (χ0) is 21.7. The normalized spacial score (nSPS) is 11.2. The molecule has 4 nitrogen and oxygen atoms in total. The minimum absolute atomic E-state index is 0.204. The third kappa shape index (κ3) is 4.86. The van der Waals surface area contributed by atoms with Crippen molar-refractivity contribution in [2.75, 3.05) is 6.54 Å². The number of carbonyl (C=O) groups excluding carboxylic acids is 1. The first kappa shape index (κ1) is 21.9. The maximum atomic E-state index is 13.8. The average molecular weight is 414 g/mol. The Morgan fingerprint density at radius 2 is 1.77 bits per heavy atom. The second kappa shape index (κ2) is 9.83. The summed E-state index contributed by atoms with van der Waals surface area (Å²) in [6.45, 7) is 7.58. The molecule has 160 valence electrons. The number of hydrogen-bond donors (Lipinski definition) is 0. The Bertz CT molecular complexity index is 1030. The van der Waals surface area contributed by atoms with Gasteiger partial charge in [0.25, 0.3) is 5.91 Å². The topological polar surface area (TPSA) is 38.1 Å². The van der Waals surface area contributed by atoms with E-state index in [4.69, 9.17) is 0 Å². The van der Waals surface area contributed by atoms with Gasteiger partial charge in [-0.1, -0.05) is 32.8 Å². The number of unbranched alkanes of at least 4 members (excludes halogenated alkanes) is 2. The molecule has 30 heavy (non-hydrogen) atoms. The van der Waals surface area contributed by atoms with E-state index in [-0.39, 0.29) is 11.7 Å². The fraction of sp³-hybridized carbons (Fsp3) is 0.417. The summed E-state index contributed by atoms with van der Waals surface area (Å²) in [7, 11) is 0. The molecule has 0 aliphatic carbocycles. The lowest BCUT2D eigenvalue weighted by Gasteiger charge is -2.24. The van der Waals surface area contributed by atoms with Crippen molar-refractivity contribution in [1.82, 2.24) is 14.5 Å². The van der Waals surface area contributed by atoms with Crippen LogP contribution in [0.1, 0.15) is 61.3 Å². The molecule has 1 heterocycles. The molecule has 0 saturated carbocycles. The smallest absolute Gasteiger partial charge is 0.254 e. The molecule has 0 spiro atoms. The number of aromatic nitrogens is 2. The number of rotatable bonds is 9. The number of benzene rings is 2. The molecule has 0 bridgehead atoms. The van der Waals surface area contributed by atoms with Crippen LogP contribution in [0.4, 0.5) is 8.78 Å². The monoisotopic (exact) mass is 413 g/mol. The van der Waals surface area contributed by atoms with Crippen LogP contribution in [0.2, 0.25) is 0 Å². The summed E-state index contributed by atoms with van der Waals surface area (Å²) >= 11 is 0.